The topological polar surface area (TPSA) is 105 Å². The average Bonchev–Trinajstić information content (AvgIpc) is 2.65. The van der Waals surface area contributed by atoms with Gasteiger partial charge in [-0.1, -0.05) is 0 Å². The maximum absolute atomic E-state index is 12.1. The number of aliphatic imine (C=N–C) groups is 1. The van der Waals surface area contributed by atoms with Crippen molar-refractivity contribution in [2.24, 2.45) is 4.99 Å². The number of nitrogens with zero attached hydrogens (tertiary/aromatic N) is 2. The molecule has 1 atom stereocenters. The Morgan fingerprint density at radius 1 is 1.23 bits per heavy atom. The molecule has 0 radical (unpaired) electrons. The van der Waals surface area contributed by atoms with Gasteiger partial charge in [-0.05, 0) is 45.4 Å². The number of benzene rings is 1. The lowest BCUT2D eigenvalue weighted by atomic mass is 10.1. The number of rotatable bonds is 7. The lowest BCUT2D eigenvalue weighted by Gasteiger charge is -2.40. The zero-order chi connectivity index (χ0) is 22.3. The molecule has 1 unspecified atom stereocenters. The van der Waals surface area contributed by atoms with Gasteiger partial charge >= 0.3 is 6.09 Å². The molecule has 1 aromatic rings. The molecule has 1 heterocycles. The minimum atomic E-state index is -0.816. The maximum Gasteiger partial charge on any atom is 0.410 e. The summed E-state index contributed by atoms with van der Waals surface area (Å²) in [5.74, 6) is 1.79. The molecule has 1 aromatic carbocycles. The third-order valence-electron chi connectivity index (χ3n) is 4.40. The fourth-order valence-corrected chi connectivity index (χ4v) is 2.86. The van der Waals surface area contributed by atoms with Gasteiger partial charge in [0.25, 0.3) is 0 Å². The molecular formula is C21H34N4O5. The van der Waals surface area contributed by atoms with Crippen molar-refractivity contribution in [2.45, 2.75) is 45.4 Å². The van der Waals surface area contributed by atoms with Crippen LogP contribution in [-0.2, 0) is 4.74 Å². The number of carbonyl (C=O) groups is 1. The second-order valence-corrected chi connectivity index (χ2v) is 8.11. The molecule has 1 aliphatic rings. The van der Waals surface area contributed by atoms with Crippen LogP contribution in [0.4, 0.5) is 4.79 Å². The highest BCUT2D eigenvalue weighted by molar-refractivity contribution is 5.80. The van der Waals surface area contributed by atoms with Crippen LogP contribution in [0.1, 0.15) is 39.4 Å². The number of aliphatic hydroxyl groups is 1. The van der Waals surface area contributed by atoms with E-state index in [1.54, 1.807) is 37.3 Å². The van der Waals surface area contributed by atoms with Gasteiger partial charge in [0.1, 0.15) is 17.1 Å². The van der Waals surface area contributed by atoms with Gasteiger partial charge < -0.3 is 34.9 Å². The number of aliphatic hydroxyl groups excluding tert-OH is 1. The molecule has 1 saturated heterocycles. The van der Waals surface area contributed by atoms with E-state index < -0.39 is 11.7 Å². The van der Waals surface area contributed by atoms with Crippen molar-refractivity contribution >= 4 is 12.1 Å². The summed E-state index contributed by atoms with van der Waals surface area (Å²) < 4.78 is 15.9. The third kappa shape index (κ3) is 6.98. The van der Waals surface area contributed by atoms with Crippen LogP contribution in [0, 0.1) is 0 Å². The molecule has 9 heteroatoms. The molecule has 3 N–H and O–H groups in total. The van der Waals surface area contributed by atoms with E-state index in [1.165, 1.54) is 0 Å². The molecule has 0 aliphatic carbocycles. The lowest BCUT2D eigenvalue weighted by molar-refractivity contribution is 0.00700. The fourth-order valence-electron chi connectivity index (χ4n) is 2.86. The number of methoxy groups -OCH3 is 2. The van der Waals surface area contributed by atoms with Gasteiger partial charge in [-0.15, -0.1) is 0 Å². The Balaban J connectivity index is 1.93. The van der Waals surface area contributed by atoms with E-state index >= 15 is 0 Å². The van der Waals surface area contributed by atoms with Crippen molar-refractivity contribution in [2.75, 3.05) is 40.4 Å². The van der Waals surface area contributed by atoms with Crippen molar-refractivity contribution in [3.05, 3.63) is 23.8 Å². The molecule has 168 valence electrons. The van der Waals surface area contributed by atoms with Gasteiger partial charge in [-0.3, -0.25) is 4.99 Å². The van der Waals surface area contributed by atoms with E-state index in [0.717, 1.165) is 0 Å². The lowest BCUT2D eigenvalue weighted by Crippen LogP contribution is -2.63. The van der Waals surface area contributed by atoms with Crippen molar-refractivity contribution in [1.29, 1.82) is 0 Å². The predicted octanol–water partition coefficient (Wildman–Crippen LogP) is 1.91. The van der Waals surface area contributed by atoms with E-state index in [1.807, 2.05) is 27.7 Å². The first-order chi connectivity index (χ1) is 14.1. The van der Waals surface area contributed by atoms with Gasteiger partial charge in [0.05, 0.1) is 32.9 Å². The monoisotopic (exact) mass is 422 g/mol. The van der Waals surface area contributed by atoms with Gasteiger partial charge in [0, 0.05) is 25.7 Å². The number of amides is 1. The summed E-state index contributed by atoms with van der Waals surface area (Å²) in [6, 6.07) is 5.34. The number of guanidine groups is 1. The predicted molar refractivity (Wildman–Crippen MR) is 115 cm³/mol. The number of nitrogens with one attached hydrogen (secondary N) is 2. The summed E-state index contributed by atoms with van der Waals surface area (Å²) >= 11 is 0. The minimum Gasteiger partial charge on any atom is -0.497 e. The van der Waals surface area contributed by atoms with E-state index in [-0.39, 0.29) is 18.7 Å². The molecule has 2 rings (SSSR count). The normalized spacial score (nSPS) is 15.8. The first-order valence-corrected chi connectivity index (χ1v) is 10.1. The summed E-state index contributed by atoms with van der Waals surface area (Å²) in [6.45, 7) is 9.42. The molecule has 1 fully saturated rings. The number of hydrogen-bond donors (Lipinski definition) is 3. The van der Waals surface area contributed by atoms with Gasteiger partial charge in [0.2, 0.25) is 0 Å². The summed E-state index contributed by atoms with van der Waals surface area (Å²) in [4.78, 5) is 18.2. The summed E-state index contributed by atoms with van der Waals surface area (Å²) in [7, 11) is 3.13. The van der Waals surface area contributed by atoms with Gasteiger partial charge in [0.15, 0.2) is 5.96 Å². The Kier molecular flexibility index (Phi) is 8.16. The van der Waals surface area contributed by atoms with Crippen LogP contribution in [0.15, 0.2) is 23.2 Å². The Morgan fingerprint density at radius 2 is 1.83 bits per heavy atom. The van der Waals surface area contributed by atoms with Crippen LogP contribution in [0.3, 0.4) is 0 Å². The van der Waals surface area contributed by atoms with Crippen molar-refractivity contribution < 1.29 is 24.1 Å². The van der Waals surface area contributed by atoms with E-state index in [9.17, 15) is 9.90 Å². The maximum atomic E-state index is 12.1. The molecular weight excluding hydrogens is 388 g/mol. The van der Waals surface area contributed by atoms with E-state index in [2.05, 4.69) is 15.6 Å². The van der Waals surface area contributed by atoms with E-state index in [0.29, 0.717) is 42.7 Å². The number of likely N-dealkylation sites (tertiary alicyclic amines) is 1. The number of ether oxygens (including phenoxy) is 3. The highest BCUT2D eigenvalue weighted by atomic mass is 16.6. The average molecular weight is 423 g/mol. The first kappa shape index (κ1) is 23.6. The molecule has 9 nitrogen and oxygen atoms in total. The van der Waals surface area contributed by atoms with Crippen LogP contribution in [0.2, 0.25) is 0 Å². The van der Waals surface area contributed by atoms with Gasteiger partial charge in [-0.2, -0.15) is 0 Å². The second kappa shape index (κ2) is 10.4. The van der Waals surface area contributed by atoms with Gasteiger partial charge in [-0.25, -0.2) is 4.79 Å². The SMILES string of the molecule is CCNC(=NCC(O)c1cc(OC)cc(OC)c1)NC1CN(C(=O)OC(C)(C)C)C1. The molecule has 30 heavy (non-hydrogen) atoms. The van der Waals surface area contributed by atoms with Crippen molar-refractivity contribution in [1.82, 2.24) is 15.5 Å². The number of carbonyl (C=O) groups excluding carboxylic acids is 1. The van der Waals surface area contributed by atoms with Crippen LogP contribution < -0.4 is 20.1 Å². The van der Waals surface area contributed by atoms with E-state index in [4.69, 9.17) is 14.2 Å². The van der Waals surface area contributed by atoms with Crippen LogP contribution in [0.25, 0.3) is 0 Å². The third-order valence-corrected chi connectivity index (χ3v) is 4.40. The Morgan fingerprint density at radius 3 is 2.33 bits per heavy atom. The number of hydrogen-bond acceptors (Lipinski definition) is 6. The van der Waals surface area contributed by atoms with Crippen LogP contribution in [0.5, 0.6) is 11.5 Å². The first-order valence-electron chi connectivity index (χ1n) is 10.1. The van der Waals surface area contributed by atoms with Crippen LogP contribution in [-0.4, -0.2) is 74.1 Å². The fraction of sp³-hybridized carbons (Fsp3) is 0.619. The van der Waals surface area contributed by atoms with Crippen molar-refractivity contribution in [3.8, 4) is 11.5 Å². The minimum absolute atomic E-state index is 0.0735. The largest absolute Gasteiger partial charge is 0.497 e. The summed E-state index contributed by atoms with van der Waals surface area (Å²) in [5.41, 5.74) is 0.149. The Bertz CT molecular complexity index is 719. The summed E-state index contributed by atoms with van der Waals surface area (Å²) in [5, 5.41) is 17.0. The summed E-state index contributed by atoms with van der Waals surface area (Å²) in [6.07, 6.45) is -1.13. The molecule has 0 aromatic heterocycles. The molecule has 0 spiro atoms. The Hall–Kier alpha value is -2.68. The smallest absolute Gasteiger partial charge is 0.410 e. The zero-order valence-electron chi connectivity index (χ0n) is 18.7. The van der Waals surface area contributed by atoms with Crippen molar-refractivity contribution in [3.63, 3.8) is 0 Å². The quantitative estimate of drug-likeness (QED) is 0.455. The second-order valence-electron chi connectivity index (χ2n) is 8.11. The van der Waals surface area contributed by atoms with Crippen LogP contribution >= 0.6 is 0 Å². The zero-order valence-corrected chi connectivity index (χ0v) is 18.7. The molecule has 0 bridgehead atoms. The Labute approximate surface area is 178 Å². The standard InChI is InChI=1S/C21H34N4O5/c1-7-22-19(24-15-12-25(13-15)20(27)30-21(2,3)4)23-11-18(26)14-8-16(28-5)10-17(9-14)29-6/h8-10,15,18,26H,7,11-13H2,1-6H3,(H2,22,23,24). The molecule has 1 amide bonds. The molecule has 1 aliphatic heterocycles. The molecule has 0 saturated carbocycles. The highest BCUT2D eigenvalue weighted by Gasteiger charge is 2.34. The highest BCUT2D eigenvalue weighted by Crippen LogP contribution is 2.26.